The summed E-state index contributed by atoms with van der Waals surface area (Å²) >= 11 is 0. The molecule has 0 atom stereocenters. The average molecular weight is 224 g/mol. The van der Waals surface area contributed by atoms with Gasteiger partial charge in [-0.25, -0.2) is 14.6 Å². The Balaban J connectivity index is 3.04. The van der Waals surface area contributed by atoms with Crippen LogP contribution in [-0.4, -0.2) is 32.7 Å². The van der Waals surface area contributed by atoms with Gasteiger partial charge in [0.05, 0.1) is 0 Å². The van der Waals surface area contributed by atoms with E-state index in [0.29, 0.717) is 0 Å². The third-order valence-electron chi connectivity index (χ3n) is 2.27. The maximum absolute atomic E-state index is 11.0. The van der Waals surface area contributed by atoms with Crippen molar-refractivity contribution in [2.45, 2.75) is 18.9 Å². The van der Waals surface area contributed by atoms with E-state index < -0.39 is 17.5 Å². The molecule has 1 heterocycles. The fraction of sp³-hybridized carbons (Fsp3) is 0.300. The third kappa shape index (κ3) is 2.10. The third-order valence-corrected chi connectivity index (χ3v) is 2.27. The molecule has 1 rings (SSSR count). The number of carboxylic acid groups (broad SMARTS) is 2. The van der Waals surface area contributed by atoms with Crippen LogP contribution in [-0.2, 0) is 9.59 Å². The van der Waals surface area contributed by atoms with Gasteiger partial charge in [0.2, 0.25) is 5.54 Å². The Bertz CT molecular complexity index is 377. The van der Waals surface area contributed by atoms with Gasteiger partial charge in [-0.2, -0.15) is 0 Å². The van der Waals surface area contributed by atoms with Crippen molar-refractivity contribution in [3.63, 3.8) is 0 Å². The predicted octanol–water partition coefficient (Wildman–Crippen LogP) is 0.811. The molecular formula is C10H12N2O4. The van der Waals surface area contributed by atoms with Gasteiger partial charge in [-0.05, 0) is 18.6 Å². The lowest BCUT2D eigenvalue weighted by Gasteiger charge is -2.24. The highest BCUT2D eigenvalue weighted by molar-refractivity contribution is 6.06. The highest BCUT2D eigenvalue weighted by atomic mass is 16.4. The number of anilines is 1. The van der Waals surface area contributed by atoms with Gasteiger partial charge in [0.1, 0.15) is 5.82 Å². The molecular weight excluding hydrogens is 212 g/mol. The monoisotopic (exact) mass is 224 g/mol. The fourth-order valence-electron chi connectivity index (χ4n) is 1.24. The van der Waals surface area contributed by atoms with E-state index in [1.807, 2.05) is 0 Å². The van der Waals surface area contributed by atoms with Crippen LogP contribution in [0.25, 0.3) is 0 Å². The molecule has 6 heteroatoms. The summed E-state index contributed by atoms with van der Waals surface area (Å²) in [5, 5.41) is 20.4. The normalized spacial score (nSPS) is 10.8. The summed E-state index contributed by atoms with van der Waals surface area (Å²) in [7, 11) is 0. The molecule has 3 N–H and O–H groups in total. The van der Waals surface area contributed by atoms with Gasteiger partial charge >= 0.3 is 11.9 Å². The molecule has 0 spiro atoms. The second-order valence-corrected chi connectivity index (χ2v) is 3.21. The number of rotatable bonds is 5. The van der Waals surface area contributed by atoms with Gasteiger partial charge in [0, 0.05) is 6.20 Å². The molecule has 0 saturated carbocycles. The standard InChI is InChI=1S/C10H12N2O4/c1-2-10(8(13)14,9(15)16)12-7-5-3-4-6-11-7/h3-6H,2H2,1H3,(H,11,12)(H,13,14)(H,15,16). The van der Waals surface area contributed by atoms with Crippen LogP contribution in [0.1, 0.15) is 13.3 Å². The van der Waals surface area contributed by atoms with Crippen LogP contribution in [0.15, 0.2) is 24.4 Å². The quantitative estimate of drug-likeness (QED) is 0.640. The van der Waals surface area contributed by atoms with E-state index in [0.717, 1.165) is 0 Å². The van der Waals surface area contributed by atoms with Crippen LogP contribution in [0.3, 0.4) is 0 Å². The number of hydrogen-bond acceptors (Lipinski definition) is 4. The van der Waals surface area contributed by atoms with Crippen LogP contribution < -0.4 is 5.32 Å². The van der Waals surface area contributed by atoms with Crippen molar-refractivity contribution in [3.8, 4) is 0 Å². The van der Waals surface area contributed by atoms with E-state index in [1.54, 1.807) is 12.1 Å². The first-order chi connectivity index (χ1) is 7.53. The number of pyridine rings is 1. The first-order valence-electron chi connectivity index (χ1n) is 4.69. The number of carboxylic acids is 2. The number of aliphatic carboxylic acids is 2. The molecule has 0 amide bonds. The first-order valence-corrected chi connectivity index (χ1v) is 4.69. The van der Waals surface area contributed by atoms with E-state index in [-0.39, 0.29) is 12.2 Å². The zero-order valence-electron chi connectivity index (χ0n) is 8.67. The topological polar surface area (TPSA) is 99.5 Å². The maximum atomic E-state index is 11.0. The van der Waals surface area contributed by atoms with E-state index in [2.05, 4.69) is 10.3 Å². The van der Waals surface area contributed by atoms with Crippen molar-refractivity contribution in [1.82, 2.24) is 4.98 Å². The van der Waals surface area contributed by atoms with Crippen molar-refractivity contribution < 1.29 is 19.8 Å². The molecule has 16 heavy (non-hydrogen) atoms. The summed E-state index contributed by atoms with van der Waals surface area (Å²) in [5.41, 5.74) is -2.03. The van der Waals surface area contributed by atoms with Gasteiger partial charge in [-0.1, -0.05) is 13.0 Å². The highest BCUT2D eigenvalue weighted by Gasteiger charge is 2.45. The minimum Gasteiger partial charge on any atom is -0.479 e. The smallest absolute Gasteiger partial charge is 0.341 e. The Morgan fingerprint density at radius 2 is 2.00 bits per heavy atom. The molecule has 0 unspecified atom stereocenters. The molecule has 86 valence electrons. The van der Waals surface area contributed by atoms with Crippen LogP contribution in [0, 0.1) is 0 Å². The first kappa shape index (κ1) is 12.0. The zero-order chi connectivity index (χ0) is 12.2. The Kier molecular flexibility index (Phi) is 3.44. The average Bonchev–Trinajstić information content (AvgIpc) is 2.26. The molecule has 0 radical (unpaired) electrons. The summed E-state index contributed by atoms with van der Waals surface area (Å²) in [6, 6.07) is 4.80. The second kappa shape index (κ2) is 4.61. The number of nitrogens with zero attached hydrogens (tertiary/aromatic N) is 1. The van der Waals surface area contributed by atoms with Crippen molar-refractivity contribution >= 4 is 17.8 Å². The van der Waals surface area contributed by atoms with Crippen LogP contribution in [0.2, 0.25) is 0 Å². The van der Waals surface area contributed by atoms with Gasteiger partial charge in [0.15, 0.2) is 0 Å². The van der Waals surface area contributed by atoms with Crippen molar-refractivity contribution in [2.75, 3.05) is 5.32 Å². The van der Waals surface area contributed by atoms with Gasteiger partial charge < -0.3 is 15.5 Å². The lowest BCUT2D eigenvalue weighted by Crippen LogP contribution is -2.53. The van der Waals surface area contributed by atoms with Gasteiger partial charge in [0.25, 0.3) is 0 Å². The predicted molar refractivity (Wildman–Crippen MR) is 56.2 cm³/mol. The van der Waals surface area contributed by atoms with E-state index in [4.69, 9.17) is 10.2 Å². The Morgan fingerprint density at radius 1 is 1.38 bits per heavy atom. The summed E-state index contributed by atoms with van der Waals surface area (Å²) in [5.74, 6) is -2.66. The number of carbonyl (C=O) groups is 2. The zero-order valence-corrected chi connectivity index (χ0v) is 8.67. The second-order valence-electron chi connectivity index (χ2n) is 3.21. The summed E-state index contributed by atoms with van der Waals surface area (Å²) in [6.07, 6.45) is 1.36. The molecule has 6 nitrogen and oxygen atoms in total. The van der Waals surface area contributed by atoms with Crippen LogP contribution in [0.5, 0.6) is 0 Å². The summed E-state index contributed by atoms with van der Waals surface area (Å²) in [4.78, 5) is 25.9. The summed E-state index contributed by atoms with van der Waals surface area (Å²) < 4.78 is 0. The Morgan fingerprint density at radius 3 is 2.38 bits per heavy atom. The van der Waals surface area contributed by atoms with Crippen LogP contribution >= 0.6 is 0 Å². The Labute approximate surface area is 91.9 Å². The molecule has 0 fully saturated rings. The minimum absolute atomic E-state index is 0.0890. The fourth-order valence-corrected chi connectivity index (χ4v) is 1.24. The number of aromatic nitrogens is 1. The lowest BCUT2D eigenvalue weighted by molar-refractivity contribution is -0.155. The molecule has 1 aromatic heterocycles. The Hall–Kier alpha value is -2.11. The molecule has 0 bridgehead atoms. The van der Waals surface area contributed by atoms with E-state index >= 15 is 0 Å². The van der Waals surface area contributed by atoms with Gasteiger partial charge in [-0.3, -0.25) is 0 Å². The minimum atomic E-state index is -2.03. The van der Waals surface area contributed by atoms with Crippen molar-refractivity contribution in [2.24, 2.45) is 0 Å². The molecule has 0 aliphatic carbocycles. The van der Waals surface area contributed by atoms with Gasteiger partial charge in [-0.15, -0.1) is 0 Å². The van der Waals surface area contributed by atoms with Crippen molar-refractivity contribution in [3.05, 3.63) is 24.4 Å². The number of hydrogen-bond donors (Lipinski definition) is 3. The molecule has 1 aromatic rings. The van der Waals surface area contributed by atoms with Crippen molar-refractivity contribution in [1.29, 1.82) is 0 Å². The molecule has 0 saturated heterocycles. The molecule has 0 aromatic carbocycles. The lowest BCUT2D eigenvalue weighted by atomic mass is 9.96. The van der Waals surface area contributed by atoms with E-state index in [9.17, 15) is 9.59 Å². The largest absolute Gasteiger partial charge is 0.479 e. The maximum Gasteiger partial charge on any atom is 0.341 e. The molecule has 0 aliphatic rings. The van der Waals surface area contributed by atoms with E-state index in [1.165, 1.54) is 19.2 Å². The SMILES string of the molecule is CCC(Nc1ccccn1)(C(=O)O)C(=O)O. The molecule has 0 aliphatic heterocycles. The highest BCUT2D eigenvalue weighted by Crippen LogP contribution is 2.18. The van der Waals surface area contributed by atoms with Crippen LogP contribution in [0.4, 0.5) is 5.82 Å². The number of nitrogens with one attached hydrogen (secondary N) is 1. The summed E-state index contributed by atoms with van der Waals surface area (Å²) in [6.45, 7) is 1.48.